The van der Waals surface area contributed by atoms with E-state index in [1.807, 2.05) is 22.4 Å². The van der Waals surface area contributed by atoms with Crippen LogP contribution in [0.2, 0.25) is 0 Å². The molecule has 1 aliphatic heterocycles. The fourth-order valence-corrected chi connectivity index (χ4v) is 3.46. The Morgan fingerprint density at radius 3 is 2.86 bits per heavy atom. The maximum atomic E-state index is 12.3. The largest absolute Gasteiger partial charge is 0.339 e. The Bertz CT molecular complexity index is 613. The van der Waals surface area contributed by atoms with Gasteiger partial charge in [-0.15, -0.1) is 11.3 Å². The molecular weight excluding hydrogens is 298 g/mol. The highest BCUT2D eigenvalue weighted by atomic mass is 32.1. The highest BCUT2D eigenvalue weighted by molar-refractivity contribution is 7.12. The van der Waals surface area contributed by atoms with Crippen LogP contribution >= 0.6 is 11.3 Å². The average Bonchev–Trinajstić information content (AvgIpc) is 3.17. The fourth-order valence-electron chi connectivity index (χ4n) is 2.77. The number of amides is 1. The first kappa shape index (κ1) is 15.2. The van der Waals surface area contributed by atoms with E-state index in [-0.39, 0.29) is 11.8 Å². The monoisotopic (exact) mass is 319 g/mol. The second-order valence-electron chi connectivity index (χ2n) is 6.19. The van der Waals surface area contributed by atoms with Gasteiger partial charge in [-0.3, -0.25) is 4.79 Å². The van der Waals surface area contributed by atoms with Gasteiger partial charge in [0.05, 0.1) is 4.88 Å². The molecule has 1 fully saturated rings. The molecule has 0 spiro atoms. The third-order valence-electron chi connectivity index (χ3n) is 3.94. The predicted octanol–water partition coefficient (Wildman–Crippen LogP) is 3.35. The zero-order chi connectivity index (χ0) is 15.5. The molecule has 0 bridgehead atoms. The summed E-state index contributed by atoms with van der Waals surface area (Å²) in [6, 6.07) is 3.80. The number of piperidine rings is 1. The van der Waals surface area contributed by atoms with Crippen molar-refractivity contribution >= 4 is 17.2 Å². The van der Waals surface area contributed by atoms with Crippen LogP contribution in [0.4, 0.5) is 0 Å². The molecule has 1 amide bonds. The maximum absolute atomic E-state index is 12.3. The summed E-state index contributed by atoms with van der Waals surface area (Å²) in [6.07, 6.45) is 2.63. The molecule has 6 heteroatoms. The van der Waals surface area contributed by atoms with Gasteiger partial charge in [0.2, 0.25) is 5.89 Å². The molecule has 0 N–H and O–H groups in total. The highest BCUT2D eigenvalue weighted by Gasteiger charge is 2.28. The lowest BCUT2D eigenvalue weighted by Gasteiger charge is -2.30. The van der Waals surface area contributed by atoms with Crippen LogP contribution in [0.5, 0.6) is 0 Å². The molecule has 0 aromatic carbocycles. The number of carbonyl (C=O) groups is 1. The van der Waals surface area contributed by atoms with Crippen LogP contribution in [0.3, 0.4) is 0 Å². The number of carbonyl (C=O) groups excluding carboxylic acids is 1. The quantitative estimate of drug-likeness (QED) is 0.867. The van der Waals surface area contributed by atoms with Crippen molar-refractivity contribution in [2.75, 3.05) is 13.1 Å². The summed E-state index contributed by atoms with van der Waals surface area (Å²) in [6.45, 7) is 5.79. The van der Waals surface area contributed by atoms with Gasteiger partial charge in [-0.05, 0) is 30.2 Å². The second-order valence-corrected chi connectivity index (χ2v) is 7.14. The van der Waals surface area contributed by atoms with Gasteiger partial charge in [-0.25, -0.2) is 0 Å². The topological polar surface area (TPSA) is 59.2 Å². The molecule has 118 valence electrons. The molecule has 3 rings (SSSR count). The summed E-state index contributed by atoms with van der Waals surface area (Å²) in [7, 11) is 0. The molecule has 0 aliphatic carbocycles. The number of likely N-dealkylation sites (tertiary alicyclic amines) is 1. The molecule has 0 unspecified atom stereocenters. The number of hydrogen-bond donors (Lipinski definition) is 0. The molecule has 2 aromatic rings. The van der Waals surface area contributed by atoms with Crippen LogP contribution in [0.25, 0.3) is 0 Å². The predicted molar refractivity (Wildman–Crippen MR) is 85.0 cm³/mol. The zero-order valence-corrected chi connectivity index (χ0v) is 13.8. The maximum Gasteiger partial charge on any atom is 0.263 e. The molecule has 22 heavy (non-hydrogen) atoms. The Hall–Kier alpha value is -1.69. The molecule has 3 heterocycles. The van der Waals surface area contributed by atoms with E-state index in [0.717, 1.165) is 48.9 Å². The van der Waals surface area contributed by atoms with Gasteiger partial charge >= 0.3 is 0 Å². The summed E-state index contributed by atoms with van der Waals surface area (Å²) in [5.74, 6) is 2.47. The number of rotatable bonds is 4. The van der Waals surface area contributed by atoms with E-state index < -0.39 is 0 Å². The third kappa shape index (κ3) is 3.38. The Morgan fingerprint density at radius 1 is 1.45 bits per heavy atom. The SMILES string of the molecule is CC(C)Cc1noc(C2CCN(C(=O)c3cccs3)CC2)n1. The smallest absolute Gasteiger partial charge is 0.263 e. The van der Waals surface area contributed by atoms with Crippen LogP contribution in [-0.4, -0.2) is 34.0 Å². The van der Waals surface area contributed by atoms with Gasteiger partial charge < -0.3 is 9.42 Å². The lowest BCUT2D eigenvalue weighted by atomic mass is 9.96. The summed E-state index contributed by atoms with van der Waals surface area (Å²) < 4.78 is 5.41. The van der Waals surface area contributed by atoms with Gasteiger partial charge in [0, 0.05) is 25.4 Å². The summed E-state index contributed by atoms with van der Waals surface area (Å²) in [5.41, 5.74) is 0. The van der Waals surface area contributed by atoms with E-state index in [1.165, 1.54) is 11.3 Å². The minimum absolute atomic E-state index is 0.138. The van der Waals surface area contributed by atoms with Crippen molar-refractivity contribution in [1.29, 1.82) is 0 Å². The molecule has 2 aromatic heterocycles. The van der Waals surface area contributed by atoms with E-state index in [2.05, 4.69) is 24.0 Å². The van der Waals surface area contributed by atoms with Gasteiger partial charge in [0.15, 0.2) is 5.82 Å². The first-order chi connectivity index (χ1) is 10.6. The van der Waals surface area contributed by atoms with Crippen molar-refractivity contribution in [3.05, 3.63) is 34.1 Å². The third-order valence-corrected chi connectivity index (χ3v) is 4.80. The Kier molecular flexibility index (Phi) is 4.57. The zero-order valence-electron chi connectivity index (χ0n) is 13.0. The van der Waals surface area contributed by atoms with Crippen LogP contribution in [0.15, 0.2) is 22.0 Å². The van der Waals surface area contributed by atoms with Crippen molar-refractivity contribution in [2.24, 2.45) is 5.92 Å². The molecule has 0 radical (unpaired) electrons. The van der Waals surface area contributed by atoms with Gasteiger partial charge in [0.25, 0.3) is 5.91 Å². The van der Waals surface area contributed by atoms with E-state index in [4.69, 9.17) is 4.52 Å². The van der Waals surface area contributed by atoms with E-state index in [0.29, 0.717) is 5.92 Å². The Labute approximate surface area is 134 Å². The number of hydrogen-bond acceptors (Lipinski definition) is 5. The van der Waals surface area contributed by atoms with Crippen LogP contribution in [-0.2, 0) is 6.42 Å². The normalized spacial score (nSPS) is 16.4. The van der Waals surface area contributed by atoms with Crippen molar-refractivity contribution in [3.8, 4) is 0 Å². The molecule has 0 saturated carbocycles. The number of aromatic nitrogens is 2. The van der Waals surface area contributed by atoms with Crippen LogP contribution < -0.4 is 0 Å². The second kappa shape index (κ2) is 6.60. The van der Waals surface area contributed by atoms with Gasteiger partial charge in [0.1, 0.15) is 0 Å². The van der Waals surface area contributed by atoms with Crippen LogP contribution in [0.1, 0.15) is 54.0 Å². The molecular formula is C16H21N3O2S. The first-order valence-corrected chi connectivity index (χ1v) is 8.66. The summed E-state index contributed by atoms with van der Waals surface area (Å²) >= 11 is 1.50. The molecule has 1 saturated heterocycles. The van der Waals surface area contributed by atoms with Crippen molar-refractivity contribution in [1.82, 2.24) is 15.0 Å². The Morgan fingerprint density at radius 2 is 2.23 bits per heavy atom. The number of thiophene rings is 1. The highest BCUT2D eigenvalue weighted by Crippen LogP contribution is 2.28. The van der Waals surface area contributed by atoms with Crippen molar-refractivity contribution < 1.29 is 9.32 Å². The molecule has 5 nitrogen and oxygen atoms in total. The first-order valence-electron chi connectivity index (χ1n) is 7.78. The van der Waals surface area contributed by atoms with Gasteiger partial charge in [-0.2, -0.15) is 4.98 Å². The van der Waals surface area contributed by atoms with E-state index >= 15 is 0 Å². The van der Waals surface area contributed by atoms with E-state index in [9.17, 15) is 4.79 Å². The standard InChI is InChI=1S/C16H21N3O2S/c1-11(2)10-14-17-15(21-18-14)12-5-7-19(8-6-12)16(20)13-4-3-9-22-13/h3-4,9,11-12H,5-8,10H2,1-2H3. The Balaban J connectivity index is 1.57. The van der Waals surface area contributed by atoms with Gasteiger partial charge in [-0.1, -0.05) is 25.1 Å². The van der Waals surface area contributed by atoms with E-state index in [1.54, 1.807) is 0 Å². The summed E-state index contributed by atoms with van der Waals surface area (Å²) in [5, 5.41) is 6.00. The lowest BCUT2D eigenvalue weighted by Crippen LogP contribution is -2.37. The van der Waals surface area contributed by atoms with Crippen LogP contribution in [0, 0.1) is 5.92 Å². The molecule has 0 atom stereocenters. The number of nitrogens with zero attached hydrogens (tertiary/aromatic N) is 3. The molecule has 1 aliphatic rings. The summed E-state index contributed by atoms with van der Waals surface area (Å²) in [4.78, 5) is 19.6. The average molecular weight is 319 g/mol. The fraction of sp³-hybridized carbons (Fsp3) is 0.562. The van der Waals surface area contributed by atoms with Crippen molar-refractivity contribution in [3.63, 3.8) is 0 Å². The minimum Gasteiger partial charge on any atom is -0.339 e. The lowest BCUT2D eigenvalue weighted by molar-refractivity contribution is 0.0709. The van der Waals surface area contributed by atoms with Crippen molar-refractivity contribution in [2.45, 2.75) is 39.0 Å². The minimum atomic E-state index is 0.138.